The standard InChI is InChI=1S/C23H17F2N3O2/c1-13-11-16(28-14(2)26-21-6-4-3-5-17(21)23(28)30)8-10-20(13)27-22(29)15-7-9-18(24)19(25)12-15/h3-12H,1-2H3,(H,27,29). The van der Waals surface area contributed by atoms with Crippen LogP contribution in [0.15, 0.2) is 65.5 Å². The fourth-order valence-electron chi connectivity index (χ4n) is 3.31. The lowest BCUT2D eigenvalue weighted by atomic mass is 10.1. The molecule has 0 unspecified atom stereocenters. The molecule has 0 aliphatic rings. The number of nitrogens with zero attached hydrogens (tertiary/aromatic N) is 2. The van der Waals surface area contributed by atoms with E-state index in [1.165, 1.54) is 10.6 Å². The fraction of sp³-hybridized carbons (Fsp3) is 0.0870. The Labute approximate surface area is 170 Å². The number of aromatic nitrogens is 2. The molecule has 5 nitrogen and oxygen atoms in total. The van der Waals surface area contributed by atoms with E-state index in [4.69, 9.17) is 0 Å². The average molecular weight is 405 g/mol. The lowest BCUT2D eigenvalue weighted by Gasteiger charge is -2.14. The highest BCUT2D eigenvalue weighted by atomic mass is 19.2. The minimum Gasteiger partial charge on any atom is -0.322 e. The van der Waals surface area contributed by atoms with Gasteiger partial charge in [0, 0.05) is 11.3 Å². The number of para-hydroxylation sites is 1. The van der Waals surface area contributed by atoms with Crippen LogP contribution in [-0.4, -0.2) is 15.5 Å². The van der Waals surface area contributed by atoms with E-state index in [0.717, 1.165) is 12.1 Å². The summed E-state index contributed by atoms with van der Waals surface area (Å²) in [5, 5.41) is 3.19. The molecular formula is C23H17F2N3O2. The zero-order valence-corrected chi connectivity index (χ0v) is 16.2. The van der Waals surface area contributed by atoms with Gasteiger partial charge in [-0.2, -0.15) is 0 Å². The maximum absolute atomic E-state index is 13.4. The Bertz CT molecular complexity index is 1360. The predicted octanol–water partition coefficient (Wildman–Crippen LogP) is 4.53. The second-order valence-electron chi connectivity index (χ2n) is 6.90. The Hall–Kier alpha value is -3.87. The summed E-state index contributed by atoms with van der Waals surface area (Å²) in [6, 6.07) is 15.2. The van der Waals surface area contributed by atoms with Crippen LogP contribution in [0.4, 0.5) is 14.5 Å². The van der Waals surface area contributed by atoms with Gasteiger partial charge in [0.25, 0.3) is 11.5 Å². The molecule has 0 bridgehead atoms. The number of amides is 1. The number of hydrogen-bond donors (Lipinski definition) is 1. The summed E-state index contributed by atoms with van der Waals surface area (Å²) in [5.41, 5.74) is 2.25. The molecule has 1 N–H and O–H groups in total. The van der Waals surface area contributed by atoms with Gasteiger partial charge in [-0.05, 0) is 67.9 Å². The van der Waals surface area contributed by atoms with E-state index in [9.17, 15) is 18.4 Å². The van der Waals surface area contributed by atoms with E-state index < -0.39 is 17.5 Å². The van der Waals surface area contributed by atoms with E-state index in [2.05, 4.69) is 10.3 Å². The van der Waals surface area contributed by atoms with Crippen LogP contribution in [0.1, 0.15) is 21.7 Å². The summed E-state index contributed by atoms with van der Waals surface area (Å²) in [6.07, 6.45) is 0. The number of halogens is 2. The molecular weight excluding hydrogens is 388 g/mol. The van der Waals surface area contributed by atoms with Crippen LogP contribution in [0.5, 0.6) is 0 Å². The van der Waals surface area contributed by atoms with E-state index in [1.54, 1.807) is 50.2 Å². The number of benzene rings is 3. The van der Waals surface area contributed by atoms with Gasteiger partial charge in [0.1, 0.15) is 5.82 Å². The number of aryl methyl sites for hydroxylation is 2. The molecule has 4 rings (SSSR count). The van der Waals surface area contributed by atoms with Gasteiger partial charge >= 0.3 is 0 Å². The Morgan fingerprint density at radius 2 is 1.73 bits per heavy atom. The highest BCUT2D eigenvalue weighted by molar-refractivity contribution is 6.04. The van der Waals surface area contributed by atoms with Gasteiger partial charge in [-0.1, -0.05) is 12.1 Å². The van der Waals surface area contributed by atoms with Crippen molar-refractivity contribution < 1.29 is 13.6 Å². The molecule has 0 saturated carbocycles. The molecule has 0 saturated heterocycles. The summed E-state index contributed by atoms with van der Waals surface area (Å²) in [6.45, 7) is 3.53. The summed E-state index contributed by atoms with van der Waals surface area (Å²) in [5.74, 6) is -2.13. The maximum atomic E-state index is 13.4. The third kappa shape index (κ3) is 3.45. The van der Waals surface area contributed by atoms with Crippen LogP contribution in [0.25, 0.3) is 16.6 Å². The van der Waals surface area contributed by atoms with Crippen molar-refractivity contribution in [2.75, 3.05) is 5.32 Å². The number of anilines is 1. The molecule has 7 heteroatoms. The minimum absolute atomic E-state index is 0.00293. The second-order valence-corrected chi connectivity index (χ2v) is 6.90. The van der Waals surface area contributed by atoms with Crippen LogP contribution in [0.2, 0.25) is 0 Å². The van der Waals surface area contributed by atoms with Crippen LogP contribution in [-0.2, 0) is 0 Å². The molecule has 3 aromatic carbocycles. The van der Waals surface area contributed by atoms with Crippen LogP contribution in [0.3, 0.4) is 0 Å². The van der Waals surface area contributed by atoms with Crippen molar-refractivity contribution in [3.8, 4) is 5.69 Å². The van der Waals surface area contributed by atoms with Crippen molar-refractivity contribution in [1.29, 1.82) is 0 Å². The highest BCUT2D eigenvalue weighted by Crippen LogP contribution is 2.21. The molecule has 0 aliphatic heterocycles. The van der Waals surface area contributed by atoms with Gasteiger partial charge in [0.15, 0.2) is 11.6 Å². The van der Waals surface area contributed by atoms with Crippen molar-refractivity contribution in [2.24, 2.45) is 0 Å². The first-order chi connectivity index (χ1) is 14.3. The largest absolute Gasteiger partial charge is 0.322 e. The van der Waals surface area contributed by atoms with Crippen molar-refractivity contribution >= 4 is 22.5 Å². The molecule has 30 heavy (non-hydrogen) atoms. The molecule has 1 aromatic heterocycles. The molecule has 0 fully saturated rings. The zero-order chi connectivity index (χ0) is 21.4. The number of nitrogens with one attached hydrogen (secondary N) is 1. The Morgan fingerprint density at radius 3 is 2.47 bits per heavy atom. The quantitative estimate of drug-likeness (QED) is 0.545. The predicted molar refractivity (Wildman–Crippen MR) is 111 cm³/mol. The number of hydrogen-bond acceptors (Lipinski definition) is 3. The van der Waals surface area contributed by atoms with Crippen LogP contribution < -0.4 is 10.9 Å². The molecule has 0 radical (unpaired) electrons. The molecule has 150 valence electrons. The van der Waals surface area contributed by atoms with E-state index in [1.807, 2.05) is 6.07 Å². The monoisotopic (exact) mass is 405 g/mol. The molecule has 0 aliphatic carbocycles. The van der Waals surface area contributed by atoms with Crippen LogP contribution >= 0.6 is 0 Å². The first kappa shape index (κ1) is 19.4. The van der Waals surface area contributed by atoms with Crippen LogP contribution in [0, 0.1) is 25.5 Å². The van der Waals surface area contributed by atoms with Gasteiger partial charge in [0.2, 0.25) is 0 Å². The first-order valence-corrected chi connectivity index (χ1v) is 9.21. The van der Waals surface area contributed by atoms with E-state index in [0.29, 0.717) is 33.7 Å². The second kappa shape index (κ2) is 7.51. The van der Waals surface area contributed by atoms with Gasteiger partial charge < -0.3 is 5.32 Å². The smallest absolute Gasteiger partial charge is 0.265 e. The Balaban J connectivity index is 1.69. The van der Waals surface area contributed by atoms with E-state index in [-0.39, 0.29) is 11.1 Å². The van der Waals surface area contributed by atoms with Gasteiger partial charge in [0.05, 0.1) is 16.6 Å². The summed E-state index contributed by atoms with van der Waals surface area (Å²) >= 11 is 0. The van der Waals surface area contributed by atoms with Crippen molar-refractivity contribution in [3.63, 3.8) is 0 Å². The first-order valence-electron chi connectivity index (χ1n) is 9.21. The average Bonchev–Trinajstić information content (AvgIpc) is 2.72. The molecule has 1 heterocycles. The normalized spacial score (nSPS) is 10.9. The van der Waals surface area contributed by atoms with Gasteiger partial charge in [-0.3, -0.25) is 14.2 Å². The summed E-state index contributed by atoms with van der Waals surface area (Å²) in [4.78, 5) is 29.8. The molecule has 4 aromatic rings. The summed E-state index contributed by atoms with van der Waals surface area (Å²) < 4.78 is 28.0. The Morgan fingerprint density at radius 1 is 0.967 bits per heavy atom. The number of fused-ring (bicyclic) bond motifs is 1. The summed E-state index contributed by atoms with van der Waals surface area (Å²) in [7, 11) is 0. The third-order valence-corrected chi connectivity index (χ3v) is 4.84. The molecule has 1 amide bonds. The molecule has 0 spiro atoms. The maximum Gasteiger partial charge on any atom is 0.265 e. The zero-order valence-electron chi connectivity index (χ0n) is 16.2. The fourth-order valence-corrected chi connectivity index (χ4v) is 3.31. The molecule has 0 atom stereocenters. The number of rotatable bonds is 3. The number of carbonyl (C=O) groups excluding carboxylic acids is 1. The SMILES string of the molecule is Cc1cc(-n2c(C)nc3ccccc3c2=O)ccc1NC(=O)c1ccc(F)c(F)c1. The lowest BCUT2D eigenvalue weighted by molar-refractivity contribution is 0.102. The third-order valence-electron chi connectivity index (χ3n) is 4.84. The van der Waals surface area contributed by atoms with Gasteiger partial charge in [-0.15, -0.1) is 0 Å². The van der Waals surface area contributed by atoms with Crippen molar-refractivity contribution in [1.82, 2.24) is 9.55 Å². The van der Waals surface area contributed by atoms with E-state index >= 15 is 0 Å². The van der Waals surface area contributed by atoms with Crippen molar-refractivity contribution in [2.45, 2.75) is 13.8 Å². The minimum atomic E-state index is -1.09. The Kier molecular flexibility index (Phi) is 4.87. The highest BCUT2D eigenvalue weighted by Gasteiger charge is 2.13. The van der Waals surface area contributed by atoms with Crippen molar-refractivity contribution in [3.05, 3.63) is 99.6 Å². The lowest BCUT2D eigenvalue weighted by Crippen LogP contribution is -2.22. The number of carbonyl (C=O) groups is 1. The van der Waals surface area contributed by atoms with Gasteiger partial charge in [-0.25, -0.2) is 13.8 Å². The topological polar surface area (TPSA) is 64.0 Å².